The van der Waals surface area contributed by atoms with Gasteiger partial charge in [-0.15, -0.1) is 13.2 Å². The van der Waals surface area contributed by atoms with Gasteiger partial charge in [-0.3, -0.25) is 0 Å². The predicted octanol–water partition coefficient (Wildman–Crippen LogP) is 2.87. The van der Waals surface area contributed by atoms with Gasteiger partial charge in [0.15, 0.2) is 0 Å². The van der Waals surface area contributed by atoms with Crippen molar-refractivity contribution in [2.24, 2.45) is 0 Å². The van der Waals surface area contributed by atoms with Crippen LogP contribution in [0.25, 0.3) is 0 Å². The minimum absolute atomic E-state index is 0.359. The van der Waals surface area contributed by atoms with E-state index in [2.05, 4.69) is 4.74 Å². The zero-order valence-corrected chi connectivity index (χ0v) is 7.86. The van der Waals surface area contributed by atoms with E-state index in [1.807, 2.05) is 0 Å². The van der Waals surface area contributed by atoms with Crippen molar-refractivity contribution in [2.45, 2.75) is 13.0 Å². The highest BCUT2D eigenvalue weighted by Gasteiger charge is 2.31. The third kappa shape index (κ3) is 3.24. The van der Waals surface area contributed by atoms with E-state index in [4.69, 9.17) is 16.7 Å². The van der Waals surface area contributed by atoms with Crippen LogP contribution >= 0.6 is 11.6 Å². The summed E-state index contributed by atoms with van der Waals surface area (Å²) in [5.41, 5.74) is -0.359. The molecule has 84 valence electrons. The Morgan fingerprint density at radius 1 is 1.33 bits per heavy atom. The van der Waals surface area contributed by atoms with E-state index < -0.39 is 29.6 Å². The molecule has 0 aromatic heterocycles. The molecule has 0 aliphatic rings. The van der Waals surface area contributed by atoms with Crippen LogP contribution in [0.4, 0.5) is 17.6 Å². The zero-order chi connectivity index (χ0) is 11.6. The highest BCUT2D eigenvalue weighted by atomic mass is 35.5. The molecule has 0 amide bonds. The van der Waals surface area contributed by atoms with Crippen molar-refractivity contribution < 1.29 is 27.4 Å². The molecule has 15 heavy (non-hydrogen) atoms. The first kappa shape index (κ1) is 12.1. The third-order valence-electron chi connectivity index (χ3n) is 1.48. The summed E-state index contributed by atoms with van der Waals surface area (Å²) in [7, 11) is 0. The average molecular weight is 245 g/mol. The molecule has 1 N–H and O–H groups in total. The van der Waals surface area contributed by atoms with Crippen molar-refractivity contribution in [3.05, 3.63) is 28.5 Å². The Balaban J connectivity index is 3.06. The van der Waals surface area contributed by atoms with Gasteiger partial charge in [-0.25, -0.2) is 4.39 Å². The van der Waals surface area contributed by atoms with Crippen LogP contribution in [0.15, 0.2) is 12.1 Å². The monoisotopic (exact) mass is 244 g/mol. The molecule has 2 nitrogen and oxygen atoms in total. The number of halogens is 5. The summed E-state index contributed by atoms with van der Waals surface area (Å²) in [4.78, 5) is 0. The molecule has 0 atom stereocenters. The second-order valence-corrected chi connectivity index (χ2v) is 2.99. The molecule has 0 aliphatic heterocycles. The minimum atomic E-state index is -4.88. The summed E-state index contributed by atoms with van der Waals surface area (Å²) in [6, 6.07) is 1.41. The van der Waals surface area contributed by atoms with Crippen LogP contribution < -0.4 is 4.74 Å². The van der Waals surface area contributed by atoms with Crippen LogP contribution in [-0.4, -0.2) is 11.5 Å². The molecular formula is C8H5ClF4O2. The van der Waals surface area contributed by atoms with E-state index in [0.717, 1.165) is 6.07 Å². The number of ether oxygens (including phenoxy) is 1. The normalized spacial score (nSPS) is 11.6. The van der Waals surface area contributed by atoms with Crippen LogP contribution in [0, 0.1) is 5.82 Å². The van der Waals surface area contributed by atoms with Gasteiger partial charge < -0.3 is 9.84 Å². The Labute approximate surface area is 87.0 Å². The van der Waals surface area contributed by atoms with E-state index in [1.54, 1.807) is 0 Å². The van der Waals surface area contributed by atoms with E-state index in [-0.39, 0.29) is 5.56 Å². The lowest BCUT2D eigenvalue weighted by Gasteiger charge is -2.10. The summed E-state index contributed by atoms with van der Waals surface area (Å²) in [5, 5.41) is 8.09. The van der Waals surface area contributed by atoms with Crippen molar-refractivity contribution in [3.8, 4) is 5.75 Å². The standard InChI is InChI=1S/C8H5ClF4O2/c9-6-2-5(15-8(11,12)13)1-4(3-14)7(6)10/h1-2,14H,3H2. The number of aliphatic hydroxyl groups is 1. The highest BCUT2D eigenvalue weighted by molar-refractivity contribution is 6.30. The van der Waals surface area contributed by atoms with Gasteiger partial charge in [0.1, 0.15) is 11.6 Å². The smallest absolute Gasteiger partial charge is 0.406 e. The van der Waals surface area contributed by atoms with E-state index in [0.29, 0.717) is 6.07 Å². The molecule has 1 aromatic carbocycles. The number of rotatable bonds is 2. The summed E-state index contributed by atoms with van der Waals surface area (Å²) in [6.45, 7) is -0.763. The zero-order valence-electron chi connectivity index (χ0n) is 7.11. The first-order chi connectivity index (χ1) is 6.83. The number of alkyl halides is 3. The van der Waals surface area contributed by atoms with Crippen molar-refractivity contribution in [1.29, 1.82) is 0 Å². The molecule has 0 heterocycles. The predicted molar refractivity (Wildman–Crippen MR) is 44.0 cm³/mol. The van der Waals surface area contributed by atoms with Gasteiger partial charge in [0, 0.05) is 11.6 Å². The van der Waals surface area contributed by atoms with Crippen LogP contribution in [0.1, 0.15) is 5.56 Å². The van der Waals surface area contributed by atoms with E-state index in [9.17, 15) is 17.6 Å². The molecule has 0 bridgehead atoms. The second-order valence-electron chi connectivity index (χ2n) is 2.58. The number of hydrogen-bond donors (Lipinski definition) is 1. The van der Waals surface area contributed by atoms with Crippen molar-refractivity contribution in [1.82, 2.24) is 0 Å². The summed E-state index contributed by atoms with van der Waals surface area (Å²) in [5.74, 6) is -1.63. The van der Waals surface area contributed by atoms with Gasteiger partial charge >= 0.3 is 6.36 Å². The minimum Gasteiger partial charge on any atom is -0.406 e. The Hall–Kier alpha value is -1.01. The fourth-order valence-corrected chi connectivity index (χ4v) is 1.15. The Kier molecular flexibility index (Phi) is 3.41. The maximum absolute atomic E-state index is 13.0. The van der Waals surface area contributed by atoms with Gasteiger partial charge in [0.2, 0.25) is 0 Å². The molecule has 1 rings (SSSR count). The maximum Gasteiger partial charge on any atom is 0.573 e. The van der Waals surface area contributed by atoms with Gasteiger partial charge in [0.05, 0.1) is 11.6 Å². The lowest BCUT2D eigenvalue weighted by Crippen LogP contribution is -2.17. The topological polar surface area (TPSA) is 29.5 Å². The Morgan fingerprint density at radius 2 is 1.93 bits per heavy atom. The molecule has 7 heteroatoms. The number of aliphatic hydroxyl groups excluding tert-OH is 1. The molecule has 0 aliphatic carbocycles. The third-order valence-corrected chi connectivity index (χ3v) is 1.76. The lowest BCUT2D eigenvalue weighted by atomic mass is 10.2. The first-order valence-corrected chi connectivity index (χ1v) is 4.06. The van der Waals surface area contributed by atoms with Crippen LogP contribution in [-0.2, 0) is 6.61 Å². The fourth-order valence-electron chi connectivity index (χ4n) is 0.926. The first-order valence-electron chi connectivity index (χ1n) is 3.68. The fraction of sp³-hybridized carbons (Fsp3) is 0.250. The Morgan fingerprint density at radius 3 is 2.40 bits per heavy atom. The molecule has 0 spiro atoms. The molecule has 0 fully saturated rings. The number of hydrogen-bond acceptors (Lipinski definition) is 2. The average Bonchev–Trinajstić information content (AvgIpc) is 2.08. The summed E-state index contributed by atoms with van der Waals surface area (Å²) in [6.07, 6.45) is -4.88. The van der Waals surface area contributed by atoms with Gasteiger partial charge in [-0.2, -0.15) is 0 Å². The highest BCUT2D eigenvalue weighted by Crippen LogP contribution is 2.29. The van der Waals surface area contributed by atoms with Crippen molar-refractivity contribution in [2.75, 3.05) is 0 Å². The molecule has 0 radical (unpaired) electrons. The summed E-state index contributed by atoms with van der Waals surface area (Å²) >= 11 is 5.29. The second kappa shape index (κ2) is 4.24. The van der Waals surface area contributed by atoms with Crippen LogP contribution in [0.3, 0.4) is 0 Å². The van der Waals surface area contributed by atoms with Crippen molar-refractivity contribution >= 4 is 11.6 Å². The number of benzene rings is 1. The van der Waals surface area contributed by atoms with Gasteiger partial charge in [-0.05, 0) is 6.07 Å². The van der Waals surface area contributed by atoms with Crippen molar-refractivity contribution in [3.63, 3.8) is 0 Å². The lowest BCUT2D eigenvalue weighted by molar-refractivity contribution is -0.274. The molecule has 0 unspecified atom stereocenters. The molecular weight excluding hydrogens is 240 g/mol. The SMILES string of the molecule is OCc1cc(OC(F)(F)F)cc(Cl)c1F. The molecule has 0 saturated carbocycles. The van der Waals surface area contributed by atoms with Crippen LogP contribution in [0.2, 0.25) is 5.02 Å². The maximum atomic E-state index is 13.0. The molecule has 1 aromatic rings. The van der Waals surface area contributed by atoms with E-state index >= 15 is 0 Å². The Bertz CT molecular complexity index is 364. The van der Waals surface area contributed by atoms with E-state index in [1.165, 1.54) is 0 Å². The molecule has 0 saturated heterocycles. The largest absolute Gasteiger partial charge is 0.573 e. The van der Waals surface area contributed by atoms with Crippen LogP contribution in [0.5, 0.6) is 5.75 Å². The summed E-state index contributed by atoms with van der Waals surface area (Å²) < 4.78 is 51.9. The van der Waals surface area contributed by atoms with Gasteiger partial charge in [0.25, 0.3) is 0 Å². The van der Waals surface area contributed by atoms with Gasteiger partial charge in [-0.1, -0.05) is 11.6 Å². The quantitative estimate of drug-likeness (QED) is 0.811.